The third kappa shape index (κ3) is 3.39. The van der Waals surface area contributed by atoms with Crippen molar-refractivity contribution in [3.8, 4) is 0 Å². The Balaban J connectivity index is 2.38. The molecule has 0 fully saturated rings. The van der Waals surface area contributed by atoms with Gasteiger partial charge in [0.2, 0.25) is 0 Å². The van der Waals surface area contributed by atoms with Crippen molar-refractivity contribution >= 4 is 15.9 Å². The van der Waals surface area contributed by atoms with Crippen LogP contribution in [0.5, 0.6) is 0 Å². The van der Waals surface area contributed by atoms with Gasteiger partial charge in [-0.25, -0.2) is 8.78 Å². The van der Waals surface area contributed by atoms with E-state index in [-0.39, 0.29) is 6.04 Å². The molecular weight excluding hydrogens is 312 g/mol. The molecule has 0 bridgehead atoms. The largest absolute Gasteiger partial charge is 0.307 e. The molecule has 4 heteroatoms. The van der Waals surface area contributed by atoms with Crippen LogP contribution in [0.1, 0.15) is 24.1 Å². The number of rotatable bonds is 4. The lowest BCUT2D eigenvalue weighted by Crippen LogP contribution is -2.22. The molecule has 0 amide bonds. The van der Waals surface area contributed by atoms with Crippen molar-refractivity contribution in [3.05, 3.63) is 69.7 Å². The van der Waals surface area contributed by atoms with Crippen LogP contribution in [0.4, 0.5) is 8.78 Å². The molecule has 2 rings (SSSR count). The second-order valence-corrected chi connectivity index (χ2v) is 5.13. The van der Waals surface area contributed by atoms with Gasteiger partial charge in [-0.05, 0) is 41.9 Å². The molecule has 19 heavy (non-hydrogen) atoms. The lowest BCUT2D eigenvalue weighted by Gasteiger charge is -2.19. The average Bonchev–Trinajstić information content (AvgIpc) is 2.41. The summed E-state index contributed by atoms with van der Waals surface area (Å²) in [5.41, 5.74) is 1.72. The molecule has 0 aliphatic heterocycles. The lowest BCUT2D eigenvalue weighted by atomic mass is 9.98. The van der Waals surface area contributed by atoms with Crippen LogP contribution in [0.2, 0.25) is 0 Å². The fourth-order valence-corrected chi connectivity index (χ4v) is 2.24. The Morgan fingerprint density at radius 1 is 1.00 bits per heavy atom. The molecule has 2 aromatic carbocycles. The van der Waals surface area contributed by atoms with Crippen molar-refractivity contribution in [2.24, 2.45) is 0 Å². The minimum atomic E-state index is -0.824. The molecule has 0 saturated heterocycles. The molecule has 1 nitrogen and oxygen atoms in total. The third-order valence-electron chi connectivity index (χ3n) is 2.89. The van der Waals surface area contributed by atoms with Crippen LogP contribution in [0.3, 0.4) is 0 Å². The van der Waals surface area contributed by atoms with Crippen molar-refractivity contribution in [3.63, 3.8) is 0 Å². The Kier molecular flexibility index (Phi) is 4.66. The first-order chi connectivity index (χ1) is 9.11. The first kappa shape index (κ1) is 14.2. The number of hydrogen-bond acceptors (Lipinski definition) is 1. The van der Waals surface area contributed by atoms with Crippen LogP contribution in [-0.4, -0.2) is 6.54 Å². The van der Waals surface area contributed by atoms with E-state index >= 15 is 0 Å². The maximum absolute atomic E-state index is 13.3. The van der Waals surface area contributed by atoms with Crippen LogP contribution < -0.4 is 5.32 Å². The van der Waals surface area contributed by atoms with E-state index in [9.17, 15) is 8.78 Å². The maximum atomic E-state index is 13.3. The molecule has 0 aliphatic carbocycles. The Bertz CT molecular complexity index is 555. The van der Waals surface area contributed by atoms with Gasteiger partial charge in [0.05, 0.1) is 6.04 Å². The van der Waals surface area contributed by atoms with E-state index in [1.807, 2.05) is 31.2 Å². The molecule has 0 aliphatic rings. The lowest BCUT2D eigenvalue weighted by molar-refractivity contribution is 0.504. The first-order valence-electron chi connectivity index (χ1n) is 6.05. The topological polar surface area (TPSA) is 12.0 Å². The highest BCUT2D eigenvalue weighted by Crippen LogP contribution is 2.24. The quantitative estimate of drug-likeness (QED) is 0.877. The molecule has 1 N–H and O–H groups in total. The van der Waals surface area contributed by atoms with Gasteiger partial charge in [0, 0.05) is 4.47 Å². The Hall–Kier alpha value is -1.26. The van der Waals surface area contributed by atoms with Gasteiger partial charge in [0.15, 0.2) is 11.6 Å². The zero-order valence-corrected chi connectivity index (χ0v) is 12.0. The zero-order chi connectivity index (χ0) is 13.8. The van der Waals surface area contributed by atoms with Gasteiger partial charge in [-0.1, -0.05) is 41.1 Å². The van der Waals surface area contributed by atoms with Gasteiger partial charge in [-0.15, -0.1) is 0 Å². The van der Waals surface area contributed by atoms with Crippen LogP contribution in [-0.2, 0) is 0 Å². The van der Waals surface area contributed by atoms with E-state index < -0.39 is 11.6 Å². The summed E-state index contributed by atoms with van der Waals surface area (Å²) in [5.74, 6) is -1.65. The summed E-state index contributed by atoms with van der Waals surface area (Å²) in [6.07, 6.45) is 0. The summed E-state index contributed by atoms with van der Waals surface area (Å²) < 4.78 is 27.3. The molecule has 1 unspecified atom stereocenters. The molecule has 2 aromatic rings. The maximum Gasteiger partial charge on any atom is 0.159 e. The highest BCUT2D eigenvalue weighted by atomic mass is 79.9. The van der Waals surface area contributed by atoms with E-state index in [4.69, 9.17) is 0 Å². The van der Waals surface area contributed by atoms with Crippen molar-refractivity contribution in [1.29, 1.82) is 0 Å². The summed E-state index contributed by atoms with van der Waals surface area (Å²) in [5, 5.41) is 3.28. The van der Waals surface area contributed by atoms with Gasteiger partial charge in [-0.3, -0.25) is 0 Å². The molecule has 0 radical (unpaired) electrons. The molecule has 0 heterocycles. The van der Waals surface area contributed by atoms with Gasteiger partial charge >= 0.3 is 0 Å². The fraction of sp³-hybridized carbons (Fsp3) is 0.200. The van der Waals surface area contributed by atoms with E-state index in [0.717, 1.165) is 22.6 Å². The Labute approximate surface area is 119 Å². The van der Waals surface area contributed by atoms with Crippen LogP contribution in [0, 0.1) is 11.6 Å². The zero-order valence-electron chi connectivity index (χ0n) is 10.5. The van der Waals surface area contributed by atoms with Crippen molar-refractivity contribution in [1.82, 2.24) is 5.32 Å². The monoisotopic (exact) mass is 325 g/mol. The van der Waals surface area contributed by atoms with Crippen LogP contribution >= 0.6 is 15.9 Å². The Morgan fingerprint density at radius 2 is 1.63 bits per heavy atom. The predicted molar refractivity (Wildman–Crippen MR) is 76.0 cm³/mol. The molecule has 1 atom stereocenters. The summed E-state index contributed by atoms with van der Waals surface area (Å²) in [6.45, 7) is 2.71. The van der Waals surface area contributed by atoms with Crippen LogP contribution in [0.15, 0.2) is 46.9 Å². The number of halogens is 3. The standard InChI is InChI=1S/C15H14BrF2N/c1-2-19-15(10-3-6-12(16)7-4-10)11-5-8-13(17)14(18)9-11/h3-9,15,19H,2H2,1H3. The van der Waals surface area contributed by atoms with Crippen molar-refractivity contribution < 1.29 is 8.78 Å². The molecule has 0 spiro atoms. The smallest absolute Gasteiger partial charge is 0.159 e. The minimum Gasteiger partial charge on any atom is -0.307 e. The summed E-state index contributed by atoms with van der Waals surface area (Å²) in [4.78, 5) is 0. The van der Waals surface area contributed by atoms with Gasteiger partial charge in [-0.2, -0.15) is 0 Å². The van der Waals surface area contributed by atoms with E-state index in [1.54, 1.807) is 6.07 Å². The summed E-state index contributed by atoms with van der Waals surface area (Å²) in [6, 6.07) is 11.6. The second-order valence-electron chi connectivity index (χ2n) is 4.22. The number of nitrogens with one attached hydrogen (secondary N) is 1. The van der Waals surface area contributed by atoms with Gasteiger partial charge in [0.1, 0.15) is 0 Å². The number of benzene rings is 2. The normalized spacial score (nSPS) is 12.4. The van der Waals surface area contributed by atoms with E-state index in [0.29, 0.717) is 5.56 Å². The average molecular weight is 326 g/mol. The van der Waals surface area contributed by atoms with Gasteiger partial charge in [0.25, 0.3) is 0 Å². The summed E-state index contributed by atoms with van der Waals surface area (Å²) in [7, 11) is 0. The Morgan fingerprint density at radius 3 is 2.21 bits per heavy atom. The highest BCUT2D eigenvalue weighted by molar-refractivity contribution is 9.10. The number of hydrogen-bond donors (Lipinski definition) is 1. The van der Waals surface area contributed by atoms with Crippen LogP contribution in [0.25, 0.3) is 0 Å². The SMILES string of the molecule is CCNC(c1ccc(Br)cc1)c1ccc(F)c(F)c1. The molecular formula is C15H14BrF2N. The molecule has 0 saturated carbocycles. The van der Waals surface area contributed by atoms with E-state index in [2.05, 4.69) is 21.2 Å². The van der Waals surface area contributed by atoms with Crippen molar-refractivity contribution in [2.75, 3.05) is 6.54 Å². The van der Waals surface area contributed by atoms with Crippen molar-refractivity contribution in [2.45, 2.75) is 13.0 Å². The van der Waals surface area contributed by atoms with E-state index in [1.165, 1.54) is 6.07 Å². The first-order valence-corrected chi connectivity index (χ1v) is 6.85. The predicted octanol–water partition coefficient (Wildman–Crippen LogP) is 4.43. The molecule has 0 aromatic heterocycles. The minimum absolute atomic E-state index is 0.145. The highest BCUT2D eigenvalue weighted by Gasteiger charge is 2.14. The fourth-order valence-electron chi connectivity index (χ4n) is 1.98. The molecule has 100 valence electrons. The third-order valence-corrected chi connectivity index (χ3v) is 3.42. The van der Waals surface area contributed by atoms with Gasteiger partial charge < -0.3 is 5.32 Å². The second kappa shape index (κ2) is 6.26. The summed E-state index contributed by atoms with van der Waals surface area (Å²) >= 11 is 3.38.